The summed E-state index contributed by atoms with van der Waals surface area (Å²) in [5, 5.41) is 0. The molecule has 4 nitrogen and oxygen atoms in total. The van der Waals surface area contributed by atoms with Gasteiger partial charge in [0, 0.05) is 51.4 Å². The van der Waals surface area contributed by atoms with Crippen LogP contribution < -0.4 is 4.90 Å². The number of halogens is 1. The maximum Gasteiger partial charge on any atom is 0.222 e. The van der Waals surface area contributed by atoms with Crippen molar-refractivity contribution in [3.8, 4) is 0 Å². The SMILES string of the molecule is O=C1CCCN1CCCN1CCN(c2ccc(F)cc2)CC1. The van der Waals surface area contributed by atoms with Crippen molar-refractivity contribution in [3.63, 3.8) is 0 Å². The van der Waals surface area contributed by atoms with E-state index in [1.165, 1.54) is 12.1 Å². The van der Waals surface area contributed by atoms with Crippen molar-refractivity contribution in [2.24, 2.45) is 0 Å². The lowest BCUT2D eigenvalue weighted by Crippen LogP contribution is -2.47. The molecule has 1 amide bonds. The van der Waals surface area contributed by atoms with Crippen LogP contribution in [0.4, 0.5) is 10.1 Å². The van der Waals surface area contributed by atoms with Crippen molar-refractivity contribution in [2.75, 3.05) is 50.7 Å². The van der Waals surface area contributed by atoms with Gasteiger partial charge in [0.15, 0.2) is 0 Å². The number of nitrogens with zero attached hydrogens (tertiary/aromatic N) is 3. The maximum atomic E-state index is 13.0. The van der Waals surface area contributed by atoms with E-state index in [0.717, 1.165) is 70.8 Å². The van der Waals surface area contributed by atoms with Gasteiger partial charge in [0.2, 0.25) is 5.91 Å². The second-order valence-electron chi connectivity index (χ2n) is 6.14. The quantitative estimate of drug-likeness (QED) is 0.832. The standard InChI is InChI=1S/C17H24FN3O/c18-15-4-6-16(7-5-15)20-13-11-19(12-14-20)8-2-10-21-9-1-3-17(21)22/h4-7H,1-3,8-14H2. The van der Waals surface area contributed by atoms with Crippen molar-refractivity contribution in [3.05, 3.63) is 30.1 Å². The van der Waals surface area contributed by atoms with E-state index in [9.17, 15) is 9.18 Å². The van der Waals surface area contributed by atoms with Gasteiger partial charge in [0.25, 0.3) is 0 Å². The molecule has 2 aliphatic heterocycles. The molecule has 5 heteroatoms. The third kappa shape index (κ3) is 3.77. The van der Waals surface area contributed by atoms with Gasteiger partial charge in [-0.2, -0.15) is 0 Å². The third-order valence-electron chi connectivity index (χ3n) is 4.64. The zero-order valence-corrected chi connectivity index (χ0v) is 13.0. The second-order valence-corrected chi connectivity index (χ2v) is 6.14. The third-order valence-corrected chi connectivity index (χ3v) is 4.64. The molecule has 1 aromatic rings. The zero-order chi connectivity index (χ0) is 15.4. The average Bonchev–Trinajstić information content (AvgIpc) is 2.94. The first kappa shape index (κ1) is 15.3. The normalized spacial score (nSPS) is 20.0. The van der Waals surface area contributed by atoms with E-state index in [1.807, 2.05) is 17.0 Å². The Morgan fingerprint density at radius 2 is 1.68 bits per heavy atom. The lowest BCUT2D eigenvalue weighted by molar-refractivity contribution is -0.127. The number of carbonyl (C=O) groups excluding carboxylic acids is 1. The van der Waals surface area contributed by atoms with Gasteiger partial charge in [-0.15, -0.1) is 0 Å². The Morgan fingerprint density at radius 3 is 2.32 bits per heavy atom. The molecule has 0 atom stereocenters. The fourth-order valence-electron chi connectivity index (χ4n) is 3.31. The summed E-state index contributed by atoms with van der Waals surface area (Å²) >= 11 is 0. The van der Waals surface area contributed by atoms with Crippen molar-refractivity contribution >= 4 is 11.6 Å². The minimum atomic E-state index is -0.182. The molecule has 22 heavy (non-hydrogen) atoms. The van der Waals surface area contributed by atoms with E-state index in [0.29, 0.717) is 5.91 Å². The number of rotatable bonds is 5. The molecule has 0 aliphatic carbocycles. The molecular weight excluding hydrogens is 281 g/mol. The fraction of sp³-hybridized carbons (Fsp3) is 0.588. The summed E-state index contributed by atoms with van der Waals surface area (Å²) in [6.45, 7) is 6.93. The van der Waals surface area contributed by atoms with E-state index < -0.39 is 0 Å². The van der Waals surface area contributed by atoms with Crippen molar-refractivity contribution in [1.29, 1.82) is 0 Å². The molecule has 2 aliphatic rings. The van der Waals surface area contributed by atoms with Gasteiger partial charge >= 0.3 is 0 Å². The first-order valence-corrected chi connectivity index (χ1v) is 8.23. The molecule has 0 radical (unpaired) electrons. The number of carbonyl (C=O) groups is 1. The Kier molecular flexibility index (Phi) is 4.93. The smallest absolute Gasteiger partial charge is 0.222 e. The second kappa shape index (κ2) is 7.09. The predicted octanol–water partition coefficient (Wildman–Crippen LogP) is 1.96. The van der Waals surface area contributed by atoms with Crippen LogP contribution in [0.5, 0.6) is 0 Å². The van der Waals surface area contributed by atoms with E-state index in [4.69, 9.17) is 0 Å². The van der Waals surface area contributed by atoms with Crippen LogP contribution in [0.2, 0.25) is 0 Å². The van der Waals surface area contributed by atoms with Gasteiger partial charge in [-0.3, -0.25) is 9.69 Å². The Bertz CT molecular complexity index is 497. The van der Waals surface area contributed by atoms with Gasteiger partial charge in [-0.25, -0.2) is 4.39 Å². The van der Waals surface area contributed by atoms with Crippen LogP contribution >= 0.6 is 0 Å². The van der Waals surface area contributed by atoms with Crippen LogP contribution in [0.25, 0.3) is 0 Å². The molecule has 2 saturated heterocycles. The topological polar surface area (TPSA) is 26.8 Å². The maximum absolute atomic E-state index is 13.0. The molecule has 0 unspecified atom stereocenters. The highest BCUT2D eigenvalue weighted by atomic mass is 19.1. The van der Waals surface area contributed by atoms with Crippen LogP contribution in [0, 0.1) is 5.82 Å². The number of anilines is 1. The molecule has 1 aromatic carbocycles. The summed E-state index contributed by atoms with van der Waals surface area (Å²) in [6.07, 6.45) is 2.81. The number of piperazine rings is 1. The number of likely N-dealkylation sites (tertiary alicyclic amines) is 1. The molecule has 2 fully saturated rings. The van der Waals surface area contributed by atoms with Gasteiger partial charge in [-0.05, 0) is 43.7 Å². The lowest BCUT2D eigenvalue weighted by Gasteiger charge is -2.36. The number of hydrogen-bond acceptors (Lipinski definition) is 3. The molecule has 0 spiro atoms. The van der Waals surface area contributed by atoms with Gasteiger partial charge in [0.05, 0.1) is 0 Å². The molecular formula is C17H24FN3O. The summed E-state index contributed by atoms with van der Waals surface area (Å²) in [7, 11) is 0. The fourth-order valence-corrected chi connectivity index (χ4v) is 3.31. The molecule has 120 valence electrons. The number of benzene rings is 1. The van der Waals surface area contributed by atoms with Gasteiger partial charge < -0.3 is 9.80 Å². The molecule has 0 saturated carbocycles. The first-order valence-electron chi connectivity index (χ1n) is 8.23. The minimum absolute atomic E-state index is 0.182. The summed E-state index contributed by atoms with van der Waals surface area (Å²) in [6, 6.07) is 6.75. The van der Waals surface area contributed by atoms with Crippen LogP contribution in [0.1, 0.15) is 19.3 Å². The molecule has 0 bridgehead atoms. The summed E-state index contributed by atoms with van der Waals surface area (Å²) in [4.78, 5) is 18.3. The highest BCUT2D eigenvalue weighted by Crippen LogP contribution is 2.17. The van der Waals surface area contributed by atoms with Crippen LogP contribution in [-0.4, -0.2) is 61.5 Å². The summed E-state index contributed by atoms with van der Waals surface area (Å²) in [5.41, 5.74) is 1.10. The number of amides is 1. The Morgan fingerprint density at radius 1 is 0.955 bits per heavy atom. The molecule has 0 N–H and O–H groups in total. The Balaban J connectivity index is 1.38. The molecule has 3 rings (SSSR count). The Hall–Kier alpha value is -1.62. The monoisotopic (exact) mass is 305 g/mol. The van der Waals surface area contributed by atoms with Crippen molar-refractivity contribution < 1.29 is 9.18 Å². The first-order chi connectivity index (χ1) is 10.7. The summed E-state index contributed by atoms with van der Waals surface area (Å²) < 4.78 is 13.0. The van der Waals surface area contributed by atoms with E-state index in [2.05, 4.69) is 9.80 Å². The van der Waals surface area contributed by atoms with Crippen LogP contribution in [-0.2, 0) is 4.79 Å². The number of hydrogen-bond donors (Lipinski definition) is 0. The van der Waals surface area contributed by atoms with E-state index >= 15 is 0 Å². The largest absolute Gasteiger partial charge is 0.369 e. The van der Waals surface area contributed by atoms with Gasteiger partial charge in [-0.1, -0.05) is 0 Å². The minimum Gasteiger partial charge on any atom is -0.369 e. The van der Waals surface area contributed by atoms with Crippen LogP contribution in [0.15, 0.2) is 24.3 Å². The van der Waals surface area contributed by atoms with Crippen molar-refractivity contribution in [2.45, 2.75) is 19.3 Å². The Labute approximate surface area is 131 Å². The molecule has 0 aromatic heterocycles. The predicted molar refractivity (Wildman–Crippen MR) is 85.5 cm³/mol. The zero-order valence-electron chi connectivity index (χ0n) is 13.0. The van der Waals surface area contributed by atoms with Crippen molar-refractivity contribution in [1.82, 2.24) is 9.80 Å². The summed E-state index contributed by atoms with van der Waals surface area (Å²) in [5.74, 6) is 0.139. The molecule has 2 heterocycles. The van der Waals surface area contributed by atoms with Gasteiger partial charge in [0.1, 0.15) is 5.82 Å². The highest BCUT2D eigenvalue weighted by Gasteiger charge is 2.21. The average molecular weight is 305 g/mol. The lowest BCUT2D eigenvalue weighted by atomic mass is 10.2. The van der Waals surface area contributed by atoms with Crippen LogP contribution in [0.3, 0.4) is 0 Å². The highest BCUT2D eigenvalue weighted by molar-refractivity contribution is 5.77. The van der Waals surface area contributed by atoms with E-state index in [-0.39, 0.29) is 5.82 Å². The van der Waals surface area contributed by atoms with E-state index in [1.54, 1.807) is 0 Å².